The molecule has 0 aliphatic heterocycles. The number of halogens is 2. The standard InChI is InChI=1S/C14H12F2O3S/c1-20(18,19)11-4-2-3-9(7-11)14(17)10-5-6-12(15)13(16)8-10/h2-8,14,17H,1H3. The Bertz CT molecular complexity index is 742. The molecule has 0 bridgehead atoms. The van der Waals surface area contributed by atoms with Gasteiger partial charge in [-0.1, -0.05) is 18.2 Å². The largest absolute Gasteiger partial charge is 0.384 e. The van der Waals surface area contributed by atoms with Crippen LogP contribution in [-0.4, -0.2) is 19.8 Å². The van der Waals surface area contributed by atoms with E-state index in [1.54, 1.807) is 0 Å². The summed E-state index contributed by atoms with van der Waals surface area (Å²) in [5.74, 6) is -2.08. The molecule has 0 saturated heterocycles. The van der Waals surface area contributed by atoms with Crippen molar-refractivity contribution < 1.29 is 22.3 Å². The number of sulfone groups is 1. The monoisotopic (exact) mass is 298 g/mol. The highest BCUT2D eigenvalue weighted by Crippen LogP contribution is 2.25. The molecule has 1 N–H and O–H groups in total. The SMILES string of the molecule is CS(=O)(=O)c1cccc(C(O)c2ccc(F)c(F)c2)c1. The van der Waals surface area contributed by atoms with Crippen LogP contribution in [-0.2, 0) is 9.84 Å². The minimum atomic E-state index is -3.40. The molecule has 0 amide bonds. The zero-order chi connectivity index (χ0) is 14.9. The van der Waals surface area contributed by atoms with Crippen LogP contribution >= 0.6 is 0 Å². The number of aliphatic hydroxyl groups is 1. The number of hydrogen-bond acceptors (Lipinski definition) is 3. The van der Waals surface area contributed by atoms with Crippen molar-refractivity contribution in [2.75, 3.05) is 6.26 Å². The second-order valence-corrected chi connectivity index (χ2v) is 6.44. The maximum Gasteiger partial charge on any atom is 0.175 e. The topological polar surface area (TPSA) is 54.4 Å². The van der Waals surface area contributed by atoms with E-state index in [4.69, 9.17) is 0 Å². The van der Waals surface area contributed by atoms with E-state index in [2.05, 4.69) is 0 Å². The molecule has 3 nitrogen and oxygen atoms in total. The third-order valence-corrected chi connectivity index (χ3v) is 3.97. The highest BCUT2D eigenvalue weighted by molar-refractivity contribution is 7.90. The van der Waals surface area contributed by atoms with Gasteiger partial charge in [-0.15, -0.1) is 0 Å². The van der Waals surface area contributed by atoms with Gasteiger partial charge in [0.05, 0.1) is 4.90 Å². The maximum atomic E-state index is 13.1. The molecular weight excluding hydrogens is 286 g/mol. The van der Waals surface area contributed by atoms with Crippen molar-refractivity contribution in [3.8, 4) is 0 Å². The molecule has 20 heavy (non-hydrogen) atoms. The number of hydrogen-bond donors (Lipinski definition) is 1. The molecule has 2 rings (SSSR count). The van der Waals surface area contributed by atoms with Crippen LogP contribution in [0.15, 0.2) is 47.4 Å². The molecule has 2 aromatic rings. The number of rotatable bonds is 3. The molecule has 6 heteroatoms. The number of aliphatic hydroxyl groups excluding tert-OH is 1. The van der Waals surface area contributed by atoms with Crippen LogP contribution in [0.3, 0.4) is 0 Å². The molecule has 0 radical (unpaired) electrons. The summed E-state index contributed by atoms with van der Waals surface area (Å²) in [7, 11) is -3.40. The summed E-state index contributed by atoms with van der Waals surface area (Å²) >= 11 is 0. The lowest BCUT2D eigenvalue weighted by molar-refractivity contribution is 0.219. The Morgan fingerprint density at radius 2 is 1.65 bits per heavy atom. The number of benzene rings is 2. The van der Waals surface area contributed by atoms with Crippen LogP contribution < -0.4 is 0 Å². The first-order chi connectivity index (χ1) is 9.29. The van der Waals surface area contributed by atoms with Crippen molar-refractivity contribution in [3.05, 3.63) is 65.2 Å². The van der Waals surface area contributed by atoms with Crippen LogP contribution in [0.5, 0.6) is 0 Å². The van der Waals surface area contributed by atoms with E-state index >= 15 is 0 Å². The van der Waals surface area contributed by atoms with Gasteiger partial charge in [0.15, 0.2) is 21.5 Å². The zero-order valence-electron chi connectivity index (χ0n) is 10.5. The molecule has 0 spiro atoms. The smallest absolute Gasteiger partial charge is 0.175 e. The fourth-order valence-corrected chi connectivity index (χ4v) is 2.47. The van der Waals surface area contributed by atoms with E-state index in [9.17, 15) is 22.3 Å². The fraction of sp³-hybridized carbons (Fsp3) is 0.143. The molecule has 0 aliphatic rings. The van der Waals surface area contributed by atoms with Crippen molar-refractivity contribution in [2.45, 2.75) is 11.0 Å². The Hall–Kier alpha value is -1.79. The van der Waals surface area contributed by atoms with Gasteiger partial charge in [0, 0.05) is 6.26 Å². The Kier molecular flexibility index (Phi) is 3.87. The van der Waals surface area contributed by atoms with Gasteiger partial charge in [0.25, 0.3) is 0 Å². The Balaban J connectivity index is 2.43. The second kappa shape index (κ2) is 5.30. The molecular formula is C14H12F2O3S. The van der Waals surface area contributed by atoms with E-state index in [1.165, 1.54) is 30.3 Å². The van der Waals surface area contributed by atoms with E-state index in [1.807, 2.05) is 0 Å². The third kappa shape index (κ3) is 3.02. The van der Waals surface area contributed by atoms with Crippen LogP contribution in [0.2, 0.25) is 0 Å². The average Bonchev–Trinajstić information content (AvgIpc) is 2.40. The summed E-state index contributed by atoms with van der Waals surface area (Å²) in [6.07, 6.45) is -0.178. The molecule has 0 fully saturated rings. The summed E-state index contributed by atoms with van der Waals surface area (Å²) in [6, 6.07) is 8.74. The quantitative estimate of drug-likeness (QED) is 0.947. The van der Waals surface area contributed by atoms with E-state index in [-0.39, 0.29) is 10.5 Å². The molecule has 1 unspecified atom stereocenters. The Morgan fingerprint density at radius 3 is 2.25 bits per heavy atom. The van der Waals surface area contributed by atoms with Gasteiger partial charge in [-0.2, -0.15) is 0 Å². The van der Waals surface area contributed by atoms with Crippen LogP contribution in [0.4, 0.5) is 8.78 Å². The highest BCUT2D eigenvalue weighted by atomic mass is 32.2. The second-order valence-electron chi connectivity index (χ2n) is 4.42. The summed E-state index contributed by atoms with van der Waals surface area (Å²) in [5.41, 5.74) is 0.438. The predicted molar refractivity (Wildman–Crippen MR) is 70.0 cm³/mol. The summed E-state index contributed by atoms with van der Waals surface area (Å²) in [6.45, 7) is 0. The van der Waals surface area contributed by atoms with Crippen molar-refractivity contribution in [2.24, 2.45) is 0 Å². The minimum absolute atomic E-state index is 0.0524. The van der Waals surface area contributed by atoms with Gasteiger partial charge < -0.3 is 5.11 Å². The van der Waals surface area contributed by atoms with Gasteiger partial charge in [-0.3, -0.25) is 0 Å². The Morgan fingerprint density at radius 1 is 1.00 bits per heavy atom. The van der Waals surface area contributed by atoms with Crippen molar-refractivity contribution in [1.82, 2.24) is 0 Å². The first kappa shape index (κ1) is 14.6. The van der Waals surface area contributed by atoms with Crippen LogP contribution in [0.1, 0.15) is 17.2 Å². The maximum absolute atomic E-state index is 13.1. The van der Waals surface area contributed by atoms with E-state index in [0.29, 0.717) is 5.56 Å². The first-order valence-corrected chi connectivity index (χ1v) is 7.61. The zero-order valence-corrected chi connectivity index (χ0v) is 11.4. The fourth-order valence-electron chi connectivity index (χ4n) is 1.79. The van der Waals surface area contributed by atoms with Crippen molar-refractivity contribution >= 4 is 9.84 Å². The molecule has 1 atom stereocenters. The third-order valence-electron chi connectivity index (χ3n) is 2.86. The van der Waals surface area contributed by atoms with Gasteiger partial charge in [-0.25, -0.2) is 17.2 Å². The lowest BCUT2D eigenvalue weighted by Crippen LogP contribution is -2.03. The van der Waals surface area contributed by atoms with Gasteiger partial charge in [0.1, 0.15) is 6.10 Å². The highest BCUT2D eigenvalue weighted by Gasteiger charge is 2.15. The predicted octanol–water partition coefficient (Wildman–Crippen LogP) is 2.45. The molecule has 0 heterocycles. The van der Waals surface area contributed by atoms with E-state index < -0.39 is 27.6 Å². The molecule has 0 aromatic heterocycles. The first-order valence-electron chi connectivity index (χ1n) is 5.72. The lowest BCUT2D eigenvalue weighted by Gasteiger charge is -2.12. The van der Waals surface area contributed by atoms with Gasteiger partial charge in [0.2, 0.25) is 0 Å². The van der Waals surface area contributed by atoms with Crippen LogP contribution in [0.25, 0.3) is 0 Å². The minimum Gasteiger partial charge on any atom is -0.384 e. The van der Waals surface area contributed by atoms with Crippen molar-refractivity contribution in [1.29, 1.82) is 0 Å². The molecule has 0 saturated carbocycles. The van der Waals surface area contributed by atoms with Crippen LogP contribution in [0, 0.1) is 11.6 Å². The van der Waals surface area contributed by atoms with E-state index in [0.717, 1.165) is 18.4 Å². The summed E-state index contributed by atoms with van der Waals surface area (Å²) in [5, 5.41) is 10.1. The molecule has 2 aromatic carbocycles. The molecule has 106 valence electrons. The normalized spacial score (nSPS) is 13.2. The Labute approximate surface area is 115 Å². The summed E-state index contributed by atoms with van der Waals surface area (Å²) < 4.78 is 48.9. The summed E-state index contributed by atoms with van der Waals surface area (Å²) in [4.78, 5) is 0.0524. The van der Waals surface area contributed by atoms with Crippen molar-refractivity contribution in [3.63, 3.8) is 0 Å². The average molecular weight is 298 g/mol. The lowest BCUT2D eigenvalue weighted by atomic mass is 10.0. The van der Waals surface area contributed by atoms with Gasteiger partial charge in [-0.05, 0) is 35.4 Å². The molecule has 0 aliphatic carbocycles. The van der Waals surface area contributed by atoms with Gasteiger partial charge >= 0.3 is 0 Å².